The van der Waals surface area contributed by atoms with Gasteiger partial charge in [-0.2, -0.15) is 0 Å². The molecule has 2 N–H and O–H groups in total. The first-order chi connectivity index (χ1) is 11.1. The molecule has 2 aromatic carbocycles. The van der Waals surface area contributed by atoms with Crippen molar-refractivity contribution < 1.29 is 9.84 Å². The molecule has 0 aliphatic carbocycles. The number of phenolic OH excluding ortho intramolecular Hbond substituents is 1. The molecule has 0 fully saturated rings. The summed E-state index contributed by atoms with van der Waals surface area (Å²) >= 11 is 5.92. The molecule has 0 amide bonds. The van der Waals surface area contributed by atoms with E-state index in [4.69, 9.17) is 16.3 Å². The second kappa shape index (κ2) is 6.30. The van der Waals surface area contributed by atoms with Crippen molar-refractivity contribution in [3.05, 3.63) is 53.3 Å². The van der Waals surface area contributed by atoms with E-state index in [0.29, 0.717) is 22.1 Å². The van der Waals surface area contributed by atoms with Gasteiger partial charge in [0.15, 0.2) is 11.5 Å². The molecule has 0 aliphatic rings. The third-order valence-corrected chi connectivity index (χ3v) is 3.91. The molecule has 1 unspecified atom stereocenters. The van der Waals surface area contributed by atoms with Gasteiger partial charge in [-0.25, -0.2) is 9.97 Å². The lowest BCUT2D eigenvalue weighted by Gasteiger charge is -2.16. The van der Waals surface area contributed by atoms with Crippen LogP contribution in [0.3, 0.4) is 0 Å². The van der Waals surface area contributed by atoms with Gasteiger partial charge in [-0.3, -0.25) is 0 Å². The second-order valence-corrected chi connectivity index (χ2v) is 5.62. The average Bonchev–Trinajstić information content (AvgIpc) is 2.55. The first kappa shape index (κ1) is 15.4. The third-order valence-electron chi connectivity index (χ3n) is 3.66. The smallest absolute Gasteiger partial charge is 0.162 e. The molecule has 1 heterocycles. The van der Waals surface area contributed by atoms with E-state index in [1.54, 1.807) is 12.1 Å². The van der Waals surface area contributed by atoms with Crippen LogP contribution in [0, 0.1) is 0 Å². The molecule has 0 radical (unpaired) electrons. The summed E-state index contributed by atoms with van der Waals surface area (Å²) in [4.78, 5) is 8.51. The number of methoxy groups -OCH3 is 1. The van der Waals surface area contributed by atoms with Gasteiger partial charge in [0.05, 0.1) is 12.6 Å². The number of rotatable bonds is 4. The van der Waals surface area contributed by atoms with Crippen molar-refractivity contribution in [2.75, 3.05) is 12.4 Å². The molecular weight excluding hydrogens is 314 g/mol. The fraction of sp³-hybridized carbons (Fsp3) is 0.176. The van der Waals surface area contributed by atoms with E-state index >= 15 is 0 Å². The van der Waals surface area contributed by atoms with Gasteiger partial charge in [0.2, 0.25) is 0 Å². The molecule has 118 valence electrons. The van der Waals surface area contributed by atoms with Crippen LogP contribution in [0.5, 0.6) is 11.5 Å². The summed E-state index contributed by atoms with van der Waals surface area (Å²) < 4.78 is 5.11. The van der Waals surface area contributed by atoms with E-state index < -0.39 is 0 Å². The molecule has 0 spiro atoms. The number of phenols is 1. The summed E-state index contributed by atoms with van der Waals surface area (Å²) in [6.07, 6.45) is 1.48. The topological polar surface area (TPSA) is 67.3 Å². The van der Waals surface area contributed by atoms with E-state index in [0.717, 1.165) is 10.9 Å². The quantitative estimate of drug-likeness (QED) is 0.752. The zero-order valence-corrected chi connectivity index (χ0v) is 13.5. The van der Waals surface area contributed by atoms with Crippen LogP contribution in [0.15, 0.2) is 42.7 Å². The van der Waals surface area contributed by atoms with Crippen molar-refractivity contribution >= 4 is 28.3 Å². The Kier molecular flexibility index (Phi) is 4.21. The average molecular weight is 330 g/mol. The third kappa shape index (κ3) is 3.14. The molecule has 5 nitrogen and oxygen atoms in total. The summed E-state index contributed by atoms with van der Waals surface area (Å²) in [6, 6.07) is 10.9. The fourth-order valence-electron chi connectivity index (χ4n) is 2.39. The van der Waals surface area contributed by atoms with E-state index in [1.165, 1.54) is 13.4 Å². The van der Waals surface area contributed by atoms with Crippen molar-refractivity contribution in [2.45, 2.75) is 13.0 Å². The molecule has 0 saturated heterocycles. The summed E-state index contributed by atoms with van der Waals surface area (Å²) in [5.41, 5.74) is 1.78. The first-order valence-electron chi connectivity index (χ1n) is 7.12. The highest BCUT2D eigenvalue weighted by Crippen LogP contribution is 2.33. The standard InChI is InChI=1S/C17H16ClN3O2/c1-10(11-3-5-12(18)6-4-11)21-17-13-7-15(22)16(23-2)8-14(13)19-9-20-17/h3-10,22H,1-2H3,(H,19,20,21). The summed E-state index contributed by atoms with van der Waals surface area (Å²) in [5.74, 6) is 1.08. The molecule has 1 aromatic heterocycles. The zero-order valence-electron chi connectivity index (χ0n) is 12.7. The molecule has 0 bridgehead atoms. The minimum absolute atomic E-state index is 0.0228. The Balaban J connectivity index is 1.96. The maximum atomic E-state index is 9.99. The van der Waals surface area contributed by atoms with Crippen molar-refractivity contribution in [1.29, 1.82) is 0 Å². The van der Waals surface area contributed by atoms with Crippen LogP contribution in [0.25, 0.3) is 10.9 Å². The fourth-order valence-corrected chi connectivity index (χ4v) is 2.52. The van der Waals surface area contributed by atoms with Gasteiger partial charge in [-0.1, -0.05) is 23.7 Å². The molecule has 0 aliphatic heterocycles. The largest absolute Gasteiger partial charge is 0.504 e. The minimum atomic E-state index is 0.0228. The monoisotopic (exact) mass is 329 g/mol. The number of aromatic nitrogens is 2. The van der Waals surface area contributed by atoms with Crippen molar-refractivity contribution in [3.63, 3.8) is 0 Å². The van der Waals surface area contributed by atoms with Crippen LogP contribution in [0.2, 0.25) is 5.02 Å². The van der Waals surface area contributed by atoms with Crippen LogP contribution in [-0.4, -0.2) is 22.2 Å². The number of nitrogens with one attached hydrogen (secondary N) is 1. The van der Waals surface area contributed by atoms with Gasteiger partial charge >= 0.3 is 0 Å². The van der Waals surface area contributed by atoms with Crippen molar-refractivity contribution in [2.24, 2.45) is 0 Å². The number of ether oxygens (including phenoxy) is 1. The maximum Gasteiger partial charge on any atom is 0.162 e. The first-order valence-corrected chi connectivity index (χ1v) is 7.50. The predicted octanol–water partition coefficient (Wildman–Crippen LogP) is 4.17. The van der Waals surface area contributed by atoms with Gasteiger partial charge in [-0.15, -0.1) is 0 Å². The molecule has 3 rings (SSSR count). The number of benzene rings is 2. The highest BCUT2D eigenvalue weighted by molar-refractivity contribution is 6.30. The number of halogens is 1. The van der Waals surface area contributed by atoms with E-state index in [1.807, 2.05) is 31.2 Å². The Labute approximate surface area is 138 Å². The molecule has 23 heavy (non-hydrogen) atoms. The highest BCUT2D eigenvalue weighted by atomic mass is 35.5. The Morgan fingerprint density at radius 1 is 1.17 bits per heavy atom. The highest BCUT2D eigenvalue weighted by Gasteiger charge is 2.12. The Hall–Kier alpha value is -2.53. The van der Waals surface area contributed by atoms with Crippen molar-refractivity contribution in [1.82, 2.24) is 9.97 Å². The van der Waals surface area contributed by atoms with Gasteiger partial charge in [0.1, 0.15) is 12.1 Å². The number of fused-ring (bicyclic) bond motifs is 1. The van der Waals surface area contributed by atoms with Gasteiger partial charge in [0.25, 0.3) is 0 Å². The molecular formula is C17H16ClN3O2. The predicted molar refractivity (Wildman–Crippen MR) is 91.2 cm³/mol. The van der Waals surface area contributed by atoms with Crippen LogP contribution < -0.4 is 10.1 Å². The SMILES string of the molecule is COc1cc2ncnc(NC(C)c3ccc(Cl)cc3)c2cc1O. The maximum absolute atomic E-state index is 9.99. The van der Waals surface area contributed by atoms with Crippen LogP contribution in [-0.2, 0) is 0 Å². The lowest BCUT2D eigenvalue weighted by Crippen LogP contribution is -2.08. The van der Waals surface area contributed by atoms with E-state index in [9.17, 15) is 5.11 Å². The summed E-state index contributed by atoms with van der Waals surface area (Å²) in [6.45, 7) is 2.03. The summed E-state index contributed by atoms with van der Waals surface area (Å²) in [5, 5.41) is 14.8. The lowest BCUT2D eigenvalue weighted by atomic mass is 10.1. The van der Waals surface area contributed by atoms with E-state index in [2.05, 4.69) is 15.3 Å². The number of aromatic hydroxyl groups is 1. The van der Waals surface area contributed by atoms with Crippen molar-refractivity contribution in [3.8, 4) is 11.5 Å². The van der Waals surface area contributed by atoms with E-state index in [-0.39, 0.29) is 11.8 Å². The number of nitrogens with zero attached hydrogens (tertiary/aromatic N) is 2. The van der Waals surface area contributed by atoms with Crippen LogP contribution in [0.4, 0.5) is 5.82 Å². The minimum Gasteiger partial charge on any atom is -0.504 e. The Morgan fingerprint density at radius 3 is 2.61 bits per heavy atom. The number of hydrogen-bond acceptors (Lipinski definition) is 5. The zero-order chi connectivity index (χ0) is 16.4. The molecule has 0 saturated carbocycles. The lowest BCUT2D eigenvalue weighted by molar-refractivity contribution is 0.374. The number of anilines is 1. The summed E-state index contributed by atoms with van der Waals surface area (Å²) in [7, 11) is 1.50. The Morgan fingerprint density at radius 2 is 1.91 bits per heavy atom. The molecule has 3 aromatic rings. The molecule has 1 atom stereocenters. The second-order valence-electron chi connectivity index (χ2n) is 5.18. The molecule has 6 heteroatoms. The van der Waals surface area contributed by atoms with Gasteiger partial charge in [-0.05, 0) is 30.7 Å². The van der Waals surface area contributed by atoms with Crippen LogP contribution >= 0.6 is 11.6 Å². The Bertz CT molecular complexity index is 837. The van der Waals surface area contributed by atoms with Gasteiger partial charge in [0, 0.05) is 22.5 Å². The normalized spacial score (nSPS) is 12.1. The van der Waals surface area contributed by atoms with Crippen LogP contribution in [0.1, 0.15) is 18.5 Å². The van der Waals surface area contributed by atoms with Gasteiger partial charge < -0.3 is 15.2 Å². The number of hydrogen-bond donors (Lipinski definition) is 2.